The molecule has 5 nitrogen and oxygen atoms in total. The van der Waals surface area contributed by atoms with Crippen molar-refractivity contribution in [2.45, 2.75) is 19.7 Å². The normalized spacial score (nSPS) is 10.8. The number of aromatic nitrogens is 2. The number of methoxy groups -OCH3 is 1. The lowest BCUT2D eigenvalue weighted by molar-refractivity contribution is 0.181. The Hall–Kier alpha value is -1.50. The zero-order valence-corrected chi connectivity index (χ0v) is 12.9. The van der Waals surface area contributed by atoms with Crippen LogP contribution in [-0.2, 0) is 24.4 Å². The van der Waals surface area contributed by atoms with E-state index in [4.69, 9.17) is 4.74 Å². The third-order valence-electron chi connectivity index (χ3n) is 2.84. The number of ether oxygens (including phenoxy) is 1. The van der Waals surface area contributed by atoms with Crippen LogP contribution in [0.3, 0.4) is 0 Å². The van der Waals surface area contributed by atoms with Gasteiger partial charge in [-0.05, 0) is 19.2 Å². The van der Waals surface area contributed by atoms with E-state index in [1.807, 2.05) is 38.5 Å². The van der Waals surface area contributed by atoms with Crippen molar-refractivity contribution in [3.05, 3.63) is 40.7 Å². The molecule has 0 fully saturated rings. The van der Waals surface area contributed by atoms with Gasteiger partial charge in [-0.25, -0.2) is 4.98 Å². The molecule has 2 rings (SSSR count). The van der Waals surface area contributed by atoms with Gasteiger partial charge in [0.25, 0.3) is 0 Å². The van der Waals surface area contributed by atoms with Crippen LogP contribution in [0.25, 0.3) is 0 Å². The lowest BCUT2D eigenvalue weighted by Crippen LogP contribution is -2.16. The van der Waals surface area contributed by atoms with E-state index in [-0.39, 0.29) is 0 Å². The number of anilines is 1. The van der Waals surface area contributed by atoms with Crippen LogP contribution in [0.5, 0.6) is 0 Å². The molecule has 0 unspecified atom stereocenters. The Balaban J connectivity index is 2.13. The molecule has 2 heterocycles. The molecule has 0 aliphatic carbocycles. The molecule has 2 aromatic rings. The highest BCUT2D eigenvalue weighted by Gasteiger charge is 2.14. The molecule has 0 aromatic carbocycles. The van der Waals surface area contributed by atoms with Crippen LogP contribution in [0.15, 0.2) is 24.4 Å². The zero-order valence-electron chi connectivity index (χ0n) is 12.1. The maximum atomic E-state index is 5.21. The van der Waals surface area contributed by atoms with Gasteiger partial charge in [-0.2, -0.15) is 0 Å². The predicted molar refractivity (Wildman–Crippen MR) is 81.9 cm³/mol. The van der Waals surface area contributed by atoms with Crippen LogP contribution >= 0.6 is 11.3 Å². The molecule has 1 N–H and O–H groups in total. The summed E-state index contributed by atoms with van der Waals surface area (Å²) in [5.74, 6) is 0. The average Bonchev–Trinajstić information content (AvgIpc) is 2.84. The van der Waals surface area contributed by atoms with Crippen molar-refractivity contribution >= 4 is 16.5 Å². The van der Waals surface area contributed by atoms with Crippen molar-refractivity contribution in [2.75, 3.05) is 26.1 Å². The molecular formula is C14H20N4OS. The second kappa shape index (κ2) is 7.33. The van der Waals surface area contributed by atoms with E-state index < -0.39 is 0 Å². The molecule has 0 aliphatic rings. The number of thiazole rings is 1. The van der Waals surface area contributed by atoms with Crippen molar-refractivity contribution in [2.24, 2.45) is 0 Å². The van der Waals surface area contributed by atoms with Crippen LogP contribution in [0.4, 0.5) is 5.13 Å². The van der Waals surface area contributed by atoms with E-state index in [1.165, 1.54) is 4.88 Å². The van der Waals surface area contributed by atoms with E-state index in [1.54, 1.807) is 18.4 Å². The van der Waals surface area contributed by atoms with Gasteiger partial charge in [0, 0.05) is 31.8 Å². The Morgan fingerprint density at radius 3 is 2.90 bits per heavy atom. The smallest absolute Gasteiger partial charge is 0.186 e. The Bertz CT molecular complexity index is 506. The van der Waals surface area contributed by atoms with Gasteiger partial charge < -0.3 is 15.0 Å². The third kappa shape index (κ3) is 3.75. The first-order chi connectivity index (χ1) is 9.74. The van der Waals surface area contributed by atoms with Crippen molar-refractivity contribution in [1.29, 1.82) is 0 Å². The summed E-state index contributed by atoms with van der Waals surface area (Å²) in [5, 5.41) is 4.16. The summed E-state index contributed by atoms with van der Waals surface area (Å²) in [6, 6.07) is 5.95. The second-order valence-electron chi connectivity index (χ2n) is 4.51. The summed E-state index contributed by atoms with van der Waals surface area (Å²) in [6.45, 7) is 2.11. The lowest BCUT2D eigenvalue weighted by Gasteiger charge is -2.14. The highest BCUT2D eigenvalue weighted by molar-refractivity contribution is 7.15. The van der Waals surface area contributed by atoms with Crippen LogP contribution in [-0.4, -0.2) is 31.2 Å². The van der Waals surface area contributed by atoms with Crippen LogP contribution in [0.2, 0.25) is 0 Å². The summed E-state index contributed by atoms with van der Waals surface area (Å²) in [4.78, 5) is 12.3. The number of pyridine rings is 1. The summed E-state index contributed by atoms with van der Waals surface area (Å²) in [7, 11) is 5.67. The highest BCUT2D eigenvalue weighted by atomic mass is 32.1. The van der Waals surface area contributed by atoms with E-state index in [0.29, 0.717) is 6.61 Å². The fraction of sp³-hybridized carbons (Fsp3) is 0.429. The Labute approximate surface area is 123 Å². The third-order valence-corrected chi connectivity index (χ3v) is 4.05. The molecule has 0 radical (unpaired) electrons. The largest absolute Gasteiger partial charge is 0.378 e. The Kier molecular flexibility index (Phi) is 5.46. The summed E-state index contributed by atoms with van der Waals surface area (Å²) >= 11 is 1.70. The summed E-state index contributed by atoms with van der Waals surface area (Å²) in [5.41, 5.74) is 2.04. The number of hydrogen-bond acceptors (Lipinski definition) is 6. The van der Waals surface area contributed by atoms with Crippen molar-refractivity contribution < 1.29 is 4.74 Å². The van der Waals surface area contributed by atoms with E-state index in [2.05, 4.69) is 20.2 Å². The van der Waals surface area contributed by atoms with Crippen molar-refractivity contribution in [3.8, 4) is 0 Å². The van der Waals surface area contributed by atoms with Gasteiger partial charge in [-0.15, -0.1) is 11.3 Å². The molecule has 0 bridgehead atoms. The standard InChI is InChI=1S/C14H20N4OS/c1-15-8-13-12(10-19-3)17-14(20-13)18(2)9-11-6-4-5-7-16-11/h4-7,15H,8-10H2,1-3H3. The minimum absolute atomic E-state index is 0.547. The van der Waals surface area contributed by atoms with Crippen molar-refractivity contribution in [1.82, 2.24) is 15.3 Å². The molecule has 0 aliphatic heterocycles. The molecular weight excluding hydrogens is 272 g/mol. The maximum absolute atomic E-state index is 5.21. The minimum Gasteiger partial charge on any atom is -0.378 e. The second-order valence-corrected chi connectivity index (χ2v) is 5.57. The van der Waals surface area contributed by atoms with Gasteiger partial charge in [-0.3, -0.25) is 4.98 Å². The predicted octanol–water partition coefficient (Wildman–Crippen LogP) is 2.04. The molecule has 0 amide bonds. The SMILES string of the molecule is CNCc1sc(N(C)Cc2ccccn2)nc1COC. The molecule has 2 aromatic heterocycles. The van der Waals surface area contributed by atoms with Crippen LogP contribution < -0.4 is 10.2 Å². The first kappa shape index (κ1) is 14.9. The van der Waals surface area contributed by atoms with E-state index >= 15 is 0 Å². The topological polar surface area (TPSA) is 50.3 Å². The zero-order chi connectivity index (χ0) is 14.4. The lowest BCUT2D eigenvalue weighted by atomic mass is 10.3. The van der Waals surface area contributed by atoms with Gasteiger partial charge in [0.2, 0.25) is 0 Å². The summed E-state index contributed by atoms with van der Waals surface area (Å²) < 4.78 is 5.21. The van der Waals surface area contributed by atoms with Gasteiger partial charge in [-0.1, -0.05) is 6.07 Å². The fourth-order valence-electron chi connectivity index (χ4n) is 1.88. The molecule has 6 heteroatoms. The van der Waals surface area contributed by atoms with Crippen molar-refractivity contribution in [3.63, 3.8) is 0 Å². The molecule has 108 valence electrons. The Morgan fingerprint density at radius 1 is 1.40 bits per heavy atom. The average molecular weight is 292 g/mol. The minimum atomic E-state index is 0.547. The van der Waals surface area contributed by atoms with E-state index in [0.717, 1.165) is 29.6 Å². The molecule has 0 atom stereocenters. The van der Waals surface area contributed by atoms with Gasteiger partial charge in [0.1, 0.15) is 0 Å². The summed E-state index contributed by atoms with van der Waals surface area (Å²) in [6.07, 6.45) is 1.81. The van der Waals surface area contributed by atoms with E-state index in [9.17, 15) is 0 Å². The number of nitrogens with zero attached hydrogens (tertiary/aromatic N) is 3. The number of hydrogen-bond donors (Lipinski definition) is 1. The molecule has 20 heavy (non-hydrogen) atoms. The fourth-order valence-corrected chi connectivity index (χ4v) is 2.92. The van der Waals surface area contributed by atoms with Gasteiger partial charge in [0.05, 0.1) is 24.5 Å². The molecule has 0 spiro atoms. The maximum Gasteiger partial charge on any atom is 0.186 e. The van der Waals surface area contributed by atoms with Crippen LogP contribution in [0.1, 0.15) is 16.3 Å². The van der Waals surface area contributed by atoms with Gasteiger partial charge >= 0.3 is 0 Å². The quantitative estimate of drug-likeness (QED) is 0.846. The number of nitrogens with one attached hydrogen (secondary N) is 1. The first-order valence-corrected chi connectivity index (χ1v) is 7.29. The van der Waals surface area contributed by atoms with Crippen LogP contribution in [0, 0.1) is 0 Å². The highest BCUT2D eigenvalue weighted by Crippen LogP contribution is 2.27. The van der Waals surface area contributed by atoms with Gasteiger partial charge in [0.15, 0.2) is 5.13 Å². The monoisotopic (exact) mass is 292 g/mol. The molecule has 0 saturated carbocycles. The first-order valence-electron chi connectivity index (χ1n) is 6.47. The molecule has 0 saturated heterocycles. The number of rotatable bonds is 7. The Morgan fingerprint density at radius 2 is 2.25 bits per heavy atom.